The van der Waals surface area contributed by atoms with E-state index in [9.17, 15) is 24.9 Å². The van der Waals surface area contributed by atoms with E-state index in [1.165, 1.54) is 11.3 Å². The van der Waals surface area contributed by atoms with Gasteiger partial charge in [-0.3, -0.25) is 9.59 Å². The third kappa shape index (κ3) is 7.57. The van der Waals surface area contributed by atoms with Crippen molar-refractivity contribution in [1.82, 2.24) is 4.98 Å². The van der Waals surface area contributed by atoms with Crippen molar-refractivity contribution in [2.45, 2.75) is 85.0 Å². The number of Topliss-reactive ketones (excluding diaryl/α,β-unsaturated/α-hetero) is 1. The minimum Gasteiger partial charge on any atom is -0.457 e. The van der Waals surface area contributed by atoms with Crippen molar-refractivity contribution in [2.75, 3.05) is 6.61 Å². The molecule has 0 radical (unpaired) electrons. The molecule has 5 atom stereocenters. The number of hydrogen-bond acceptors (Lipinski definition) is 8. The predicted molar refractivity (Wildman–Crippen MR) is 133 cm³/mol. The molecule has 0 saturated heterocycles. The number of thiazole rings is 1. The van der Waals surface area contributed by atoms with Crippen LogP contribution in [0.2, 0.25) is 0 Å². The van der Waals surface area contributed by atoms with Crippen molar-refractivity contribution in [3.05, 3.63) is 33.8 Å². The zero-order valence-corrected chi connectivity index (χ0v) is 21.7. The predicted octanol–water partition coefficient (Wildman–Crippen LogP) is 3.85. The highest BCUT2D eigenvalue weighted by atomic mass is 32.1. The number of cyclic esters (lactones) is 1. The van der Waals surface area contributed by atoms with E-state index < -0.39 is 35.6 Å². The van der Waals surface area contributed by atoms with Gasteiger partial charge in [0.15, 0.2) is 0 Å². The lowest BCUT2D eigenvalue weighted by atomic mass is 9.73. The van der Waals surface area contributed by atoms with Crippen molar-refractivity contribution in [3.8, 4) is 0 Å². The van der Waals surface area contributed by atoms with Gasteiger partial charge in [-0.15, -0.1) is 11.3 Å². The molecule has 0 aromatic carbocycles. The molecule has 0 saturated carbocycles. The molecular formula is C26H39NO6S. The zero-order valence-electron chi connectivity index (χ0n) is 20.9. The summed E-state index contributed by atoms with van der Waals surface area (Å²) >= 11 is 1.49. The second-order valence-corrected chi connectivity index (χ2v) is 10.9. The molecule has 0 unspecified atom stereocenters. The molecule has 0 spiro atoms. The van der Waals surface area contributed by atoms with E-state index in [1.807, 2.05) is 31.4 Å². The summed E-state index contributed by atoms with van der Waals surface area (Å²) in [6, 6.07) is 0. The van der Waals surface area contributed by atoms with Gasteiger partial charge >= 0.3 is 5.97 Å². The Morgan fingerprint density at radius 3 is 2.59 bits per heavy atom. The SMILES string of the molecule is Cc1nc(/C=C(/CO)[C@@H]2C/C=C\CCC[C@H](C)[C@H](O)[C@@H](C)C(=O)C(C)(C)[C@@H](O)CC(=O)O2)cs1. The van der Waals surface area contributed by atoms with Gasteiger partial charge in [0, 0.05) is 17.7 Å². The third-order valence-electron chi connectivity index (χ3n) is 6.72. The van der Waals surface area contributed by atoms with Crippen LogP contribution in [0.4, 0.5) is 0 Å². The average molecular weight is 494 g/mol. The summed E-state index contributed by atoms with van der Waals surface area (Å²) in [5.41, 5.74) is -0.0361. The fourth-order valence-electron chi connectivity index (χ4n) is 4.24. The van der Waals surface area contributed by atoms with Gasteiger partial charge in [0.2, 0.25) is 0 Å². The van der Waals surface area contributed by atoms with E-state index in [4.69, 9.17) is 4.74 Å². The minimum atomic E-state index is -1.27. The van der Waals surface area contributed by atoms with Crippen LogP contribution in [-0.2, 0) is 14.3 Å². The summed E-state index contributed by atoms with van der Waals surface area (Å²) in [5.74, 6) is -1.69. The van der Waals surface area contributed by atoms with Crippen LogP contribution in [-0.4, -0.2) is 57.0 Å². The Hall–Kier alpha value is -1.87. The summed E-state index contributed by atoms with van der Waals surface area (Å²) in [6.07, 6.45) is 5.23. The number of rotatable bonds is 3. The van der Waals surface area contributed by atoms with E-state index in [2.05, 4.69) is 4.98 Å². The van der Waals surface area contributed by atoms with Crippen LogP contribution in [0.1, 0.15) is 70.5 Å². The number of ether oxygens (including phenoxy) is 1. The molecule has 0 amide bonds. The molecule has 8 heteroatoms. The van der Waals surface area contributed by atoms with Crippen LogP contribution >= 0.6 is 11.3 Å². The maximum atomic E-state index is 13.1. The number of aliphatic hydroxyl groups excluding tert-OH is 3. The van der Waals surface area contributed by atoms with Gasteiger partial charge in [-0.05, 0) is 43.8 Å². The van der Waals surface area contributed by atoms with Crippen LogP contribution in [0.3, 0.4) is 0 Å². The van der Waals surface area contributed by atoms with Crippen molar-refractivity contribution in [3.63, 3.8) is 0 Å². The first kappa shape index (κ1) is 28.4. The number of aromatic nitrogens is 1. The number of aryl methyl sites for hydroxylation is 1. The van der Waals surface area contributed by atoms with Gasteiger partial charge in [-0.1, -0.05) is 39.8 Å². The number of carbonyl (C=O) groups is 2. The Kier molecular flexibility index (Phi) is 10.6. The quantitative estimate of drug-likeness (QED) is 0.432. The molecule has 7 nitrogen and oxygen atoms in total. The molecule has 1 aliphatic rings. The van der Waals surface area contributed by atoms with E-state index in [0.717, 1.165) is 24.3 Å². The number of nitrogens with zero attached hydrogens (tertiary/aromatic N) is 1. The molecule has 2 rings (SSSR count). The summed E-state index contributed by atoms with van der Waals surface area (Å²) in [7, 11) is 0. The molecule has 0 bridgehead atoms. The third-order valence-corrected chi connectivity index (χ3v) is 7.52. The van der Waals surface area contributed by atoms with E-state index in [1.54, 1.807) is 26.8 Å². The Balaban J connectivity index is 2.32. The Morgan fingerprint density at radius 1 is 1.26 bits per heavy atom. The van der Waals surface area contributed by atoms with Crippen molar-refractivity contribution < 1.29 is 29.6 Å². The molecule has 3 N–H and O–H groups in total. The number of hydrogen-bond donors (Lipinski definition) is 3. The maximum absolute atomic E-state index is 13.1. The van der Waals surface area contributed by atoms with E-state index in [0.29, 0.717) is 17.7 Å². The first-order chi connectivity index (χ1) is 16.0. The van der Waals surface area contributed by atoms with Crippen molar-refractivity contribution >= 4 is 29.2 Å². The highest BCUT2D eigenvalue weighted by molar-refractivity contribution is 7.09. The fourth-order valence-corrected chi connectivity index (χ4v) is 4.81. The second kappa shape index (κ2) is 12.7. The lowest BCUT2D eigenvalue weighted by Crippen LogP contribution is -2.45. The number of aliphatic hydroxyl groups is 3. The average Bonchev–Trinajstić information content (AvgIpc) is 3.20. The lowest BCUT2D eigenvalue weighted by molar-refractivity contribution is -0.154. The van der Waals surface area contributed by atoms with Crippen LogP contribution in [0.15, 0.2) is 23.1 Å². The smallest absolute Gasteiger partial charge is 0.309 e. The number of allylic oxidation sites excluding steroid dienone is 1. The molecule has 2 heterocycles. The number of ketones is 1. The topological polar surface area (TPSA) is 117 Å². The van der Waals surface area contributed by atoms with Gasteiger partial charge in [-0.2, -0.15) is 0 Å². The summed E-state index contributed by atoms with van der Waals surface area (Å²) in [5, 5.41) is 34.2. The minimum absolute atomic E-state index is 0.0728. The molecular weight excluding hydrogens is 454 g/mol. The maximum Gasteiger partial charge on any atom is 0.309 e. The molecule has 34 heavy (non-hydrogen) atoms. The zero-order chi connectivity index (χ0) is 25.5. The highest BCUT2D eigenvalue weighted by Crippen LogP contribution is 2.32. The molecule has 1 aliphatic heterocycles. The van der Waals surface area contributed by atoms with Crippen molar-refractivity contribution in [2.24, 2.45) is 17.3 Å². The lowest BCUT2D eigenvalue weighted by Gasteiger charge is -2.34. The van der Waals surface area contributed by atoms with Crippen LogP contribution in [0.25, 0.3) is 6.08 Å². The number of carbonyl (C=O) groups excluding carboxylic acids is 2. The molecule has 1 aromatic rings. The Bertz CT molecular complexity index is 890. The van der Waals surface area contributed by atoms with Crippen LogP contribution in [0.5, 0.6) is 0 Å². The summed E-state index contributed by atoms with van der Waals surface area (Å²) in [4.78, 5) is 30.3. The summed E-state index contributed by atoms with van der Waals surface area (Å²) < 4.78 is 5.68. The highest BCUT2D eigenvalue weighted by Gasteiger charge is 2.42. The fraction of sp³-hybridized carbons (Fsp3) is 0.654. The Labute approximate surface area is 206 Å². The van der Waals surface area contributed by atoms with Crippen molar-refractivity contribution in [1.29, 1.82) is 0 Å². The number of esters is 1. The van der Waals surface area contributed by atoms with Gasteiger partial charge < -0.3 is 20.1 Å². The van der Waals surface area contributed by atoms with Crippen LogP contribution < -0.4 is 0 Å². The van der Waals surface area contributed by atoms with Crippen LogP contribution in [0, 0.1) is 24.2 Å². The van der Waals surface area contributed by atoms with E-state index >= 15 is 0 Å². The van der Waals surface area contributed by atoms with Gasteiger partial charge in [0.25, 0.3) is 0 Å². The molecule has 0 aliphatic carbocycles. The normalized spacial score (nSPS) is 31.2. The molecule has 1 aromatic heterocycles. The van der Waals surface area contributed by atoms with Gasteiger partial charge in [-0.25, -0.2) is 4.98 Å². The van der Waals surface area contributed by atoms with Gasteiger partial charge in [0.1, 0.15) is 11.9 Å². The second-order valence-electron chi connectivity index (χ2n) is 9.85. The first-order valence-electron chi connectivity index (χ1n) is 12.0. The largest absolute Gasteiger partial charge is 0.457 e. The standard InChI is InChI=1S/C26H39NO6S/c1-16-10-8-6-7-9-11-21(19(14-28)12-20-15-34-18(3)27-20)33-23(30)13-22(29)26(4,5)25(32)17(2)24(16)31/h7,9,12,15-17,21-22,24,28-29,31H,6,8,10-11,13-14H2,1-5H3/b9-7-,19-12-/t16-,17+,21-,22-,24-/m0/s1. The van der Waals surface area contributed by atoms with Gasteiger partial charge in [0.05, 0.1) is 41.4 Å². The summed E-state index contributed by atoms with van der Waals surface area (Å²) in [6.45, 7) is 8.37. The first-order valence-corrected chi connectivity index (χ1v) is 12.8. The van der Waals surface area contributed by atoms with E-state index in [-0.39, 0.29) is 24.7 Å². The Morgan fingerprint density at radius 2 is 1.97 bits per heavy atom. The monoisotopic (exact) mass is 493 g/mol. The molecule has 0 fully saturated rings. The molecule has 190 valence electrons.